The Hall–Kier alpha value is -2.09. The fourth-order valence-electron chi connectivity index (χ4n) is 4.18. The van der Waals surface area contributed by atoms with Crippen molar-refractivity contribution in [1.82, 2.24) is 14.9 Å². The van der Waals surface area contributed by atoms with E-state index >= 15 is 0 Å². The summed E-state index contributed by atoms with van der Waals surface area (Å²) in [5.41, 5.74) is -0.418. The van der Waals surface area contributed by atoms with E-state index in [4.69, 9.17) is 9.47 Å². The van der Waals surface area contributed by atoms with Gasteiger partial charge in [0.25, 0.3) is 0 Å². The number of hydrogen-bond acceptors (Lipinski definition) is 5. The van der Waals surface area contributed by atoms with E-state index in [1.807, 2.05) is 13.8 Å². The predicted molar refractivity (Wildman–Crippen MR) is 98.3 cm³/mol. The molecule has 0 aliphatic carbocycles. The number of ether oxygens (including phenoxy) is 2. The van der Waals surface area contributed by atoms with Crippen LogP contribution in [0.3, 0.4) is 0 Å². The molecule has 2 aliphatic heterocycles. The summed E-state index contributed by atoms with van der Waals surface area (Å²) in [7, 11) is 0. The SMILES string of the molecule is CC(C)COc1nc(OC[C@@]23CCCN2C[C@H](F)C3)nc2c(F)cc(F)cc12. The van der Waals surface area contributed by atoms with E-state index in [-0.39, 0.29) is 40.9 Å². The minimum Gasteiger partial charge on any atom is -0.477 e. The van der Waals surface area contributed by atoms with Crippen molar-refractivity contribution in [3.8, 4) is 11.9 Å². The van der Waals surface area contributed by atoms with Crippen LogP contribution in [0.2, 0.25) is 0 Å². The summed E-state index contributed by atoms with van der Waals surface area (Å²) in [4.78, 5) is 10.5. The maximum atomic E-state index is 14.3. The highest BCUT2D eigenvalue weighted by Gasteiger charge is 2.49. The van der Waals surface area contributed by atoms with E-state index in [1.54, 1.807) is 0 Å². The summed E-state index contributed by atoms with van der Waals surface area (Å²) in [5.74, 6) is -1.24. The Morgan fingerprint density at radius 2 is 2.07 bits per heavy atom. The zero-order valence-corrected chi connectivity index (χ0v) is 16.1. The number of alkyl halides is 1. The molecule has 4 rings (SSSR count). The van der Waals surface area contributed by atoms with Gasteiger partial charge in [-0.25, -0.2) is 13.2 Å². The van der Waals surface area contributed by atoms with Gasteiger partial charge in [0, 0.05) is 19.0 Å². The molecule has 2 aliphatic rings. The molecular formula is C20H24F3N3O2. The Bertz CT molecular complexity index is 879. The number of halogens is 3. The zero-order chi connectivity index (χ0) is 19.9. The monoisotopic (exact) mass is 395 g/mol. The zero-order valence-electron chi connectivity index (χ0n) is 16.1. The molecular weight excluding hydrogens is 371 g/mol. The van der Waals surface area contributed by atoms with E-state index < -0.39 is 17.8 Å². The summed E-state index contributed by atoms with van der Waals surface area (Å²) < 4.78 is 53.4. The van der Waals surface area contributed by atoms with E-state index in [9.17, 15) is 13.2 Å². The maximum Gasteiger partial charge on any atom is 0.320 e. The third-order valence-corrected chi connectivity index (χ3v) is 5.45. The second kappa shape index (κ2) is 7.39. The fraction of sp³-hybridized carbons (Fsp3) is 0.600. The van der Waals surface area contributed by atoms with Crippen molar-refractivity contribution in [3.63, 3.8) is 0 Å². The molecule has 0 saturated carbocycles. The molecule has 3 heterocycles. The van der Waals surface area contributed by atoms with E-state index in [1.165, 1.54) is 0 Å². The molecule has 1 aromatic carbocycles. The van der Waals surface area contributed by atoms with Crippen LogP contribution in [0.15, 0.2) is 12.1 Å². The van der Waals surface area contributed by atoms with E-state index in [0.29, 0.717) is 19.6 Å². The van der Waals surface area contributed by atoms with Gasteiger partial charge in [-0.05, 0) is 31.4 Å². The van der Waals surface area contributed by atoms with Gasteiger partial charge >= 0.3 is 6.01 Å². The lowest BCUT2D eigenvalue weighted by Crippen LogP contribution is -2.43. The molecule has 5 nitrogen and oxygen atoms in total. The van der Waals surface area contributed by atoms with Gasteiger partial charge in [0.15, 0.2) is 5.82 Å². The maximum absolute atomic E-state index is 14.3. The molecule has 152 valence electrons. The van der Waals surface area contributed by atoms with Crippen LogP contribution >= 0.6 is 0 Å². The smallest absolute Gasteiger partial charge is 0.320 e. The van der Waals surface area contributed by atoms with Crippen LogP contribution in [0.5, 0.6) is 11.9 Å². The Balaban J connectivity index is 1.63. The summed E-state index contributed by atoms with van der Waals surface area (Å²) in [6, 6.07) is 1.88. The van der Waals surface area contributed by atoms with Crippen molar-refractivity contribution in [2.75, 3.05) is 26.3 Å². The van der Waals surface area contributed by atoms with E-state index in [0.717, 1.165) is 31.5 Å². The van der Waals surface area contributed by atoms with Crippen molar-refractivity contribution >= 4 is 10.9 Å². The Kier molecular flexibility index (Phi) is 5.07. The first-order valence-electron chi connectivity index (χ1n) is 9.68. The lowest BCUT2D eigenvalue weighted by atomic mass is 9.95. The molecule has 2 saturated heterocycles. The second-order valence-electron chi connectivity index (χ2n) is 8.16. The van der Waals surface area contributed by atoms with Crippen molar-refractivity contribution in [3.05, 3.63) is 23.8 Å². The normalized spacial score (nSPS) is 24.9. The quantitative estimate of drug-likeness (QED) is 0.743. The first-order chi connectivity index (χ1) is 13.4. The average Bonchev–Trinajstić information content (AvgIpc) is 3.14. The molecule has 2 aromatic rings. The van der Waals surface area contributed by atoms with Gasteiger partial charge in [-0.1, -0.05) is 13.8 Å². The lowest BCUT2D eigenvalue weighted by Gasteiger charge is -2.30. The third-order valence-electron chi connectivity index (χ3n) is 5.45. The van der Waals surface area contributed by atoms with Crippen molar-refractivity contribution in [2.24, 2.45) is 5.92 Å². The van der Waals surface area contributed by atoms with Gasteiger partial charge in [0.05, 0.1) is 17.5 Å². The summed E-state index contributed by atoms with van der Waals surface area (Å²) >= 11 is 0. The van der Waals surface area contributed by atoms with Crippen LogP contribution in [0.25, 0.3) is 10.9 Å². The molecule has 0 spiro atoms. The summed E-state index contributed by atoms with van der Waals surface area (Å²) in [5, 5.41) is 0.163. The van der Waals surface area contributed by atoms with Gasteiger partial charge in [0.1, 0.15) is 24.1 Å². The molecule has 0 unspecified atom stereocenters. The van der Waals surface area contributed by atoms with Crippen LogP contribution < -0.4 is 9.47 Å². The molecule has 0 bridgehead atoms. The number of nitrogens with zero attached hydrogens (tertiary/aromatic N) is 3. The molecule has 28 heavy (non-hydrogen) atoms. The van der Waals surface area contributed by atoms with Crippen molar-refractivity contribution < 1.29 is 22.6 Å². The van der Waals surface area contributed by atoms with Gasteiger partial charge in [0.2, 0.25) is 5.88 Å². The third kappa shape index (κ3) is 3.62. The molecule has 1 aromatic heterocycles. The van der Waals surface area contributed by atoms with Gasteiger partial charge in [-0.2, -0.15) is 9.97 Å². The van der Waals surface area contributed by atoms with Crippen LogP contribution in [-0.2, 0) is 0 Å². The number of benzene rings is 1. The Morgan fingerprint density at radius 3 is 2.86 bits per heavy atom. The van der Waals surface area contributed by atoms with Crippen LogP contribution in [0.4, 0.5) is 13.2 Å². The molecule has 0 N–H and O–H groups in total. The van der Waals surface area contributed by atoms with E-state index in [2.05, 4.69) is 14.9 Å². The van der Waals surface area contributed by atoms with Gasteiger partial charge in [-0.15, -0.1) is 0 Å². The first-order valence-corrected chi connectivity index (χ1v) is 9.68. The van der Waals surface area contributed by atoms with Crippen LogP contribution in [0.1, 0.15) is 33.1 Å². The van der Waals surface area contributed by atoms with Crippen LogP contribution in [0, 0.1) is 17.6 Å². The summed E-state index contributed by atoms with van der Waals surface area (Å²) in [6.07, 6.45) is 1.38. The minimum absolute atomic E-state index is 0.0414. The highest BCUT2D eigenvalue weighted by atomic mass is 19.1. The number of rotatable bonds is 6. The average molecular weight is 395 g/mol. The molecule has 8 heteroatoms. The number of aromatic nitrogens is 2. The molecule has 0 amide bonds. The number of hydrogen-bond donors (Lipinski definition) is 0. The molecule has 2 fully saturated rings. The molecule has 0 radical (unpaired) electrons. The predicted octanol–water partition coefficient (Wildman–Crippen LogP) is 3.90. The van der Waals surface area contributed by atoms with Gasteiger partial charge in [-0.3, -0.25) is 4.90 Å². The second-order valence-corrected chi connectivity index (χ2v) is 8.16. The topological polar surface area (TPSA) is 47.5 Å². The fourth-order valence-corrected chi connectivity index (χ4v) is 4.18. The standard InChI is InChI=1S/C20H24F3N3O2/c1-12(2)10-27-18-15-6-13(21)7-16(23)17(15)24-19(25-18)28-11-20-4-3-5-26(20)9-14(22)8-20/h6-7,12,14H,3-5,8-11H2,1-2H3/t14-,20+/m1/s1. The Labute approximate surface area is 161 Å². The Morgan fingerprint density at radius 1 is 1.25 bits per heavy atom. The lowest BCUT2D eigenvalue weighted by molar-refractivity contribution is 0.106. The largest absolute Gasteiger partial charge is 0.477 e. The highest BCUT2D eigenvalue weighted by Crippen LogP contribution is 2.40. The first kappa shape index (κ1) is 19.2. The van der Waals surface area contributed by atoms with Crippen molar-refractivity contribution in [1.29, 1.82) is 0 Å². The number of fused-ring (bicyclic) bond motifs is 2. The van der Waals surface area contributed by atoms with Gasteiger partial charge < -0.3 is 9.47 Å². The van der Waals surface area contributed by atoms with Crippen LogP contribution in [-0.4, -0.2) is 52.9 Å². The summed E-state index contributed by atoms with van der Waals surface area (Å²) in [6.45, 7) is 5.75. The minimum atomic E-state index is -0.869. The molecule has 2 atom stereocenters. The highest BCUT2D eigenvalue weighted by molar-refractivity contribution is 5.84. The van der Waals surface area contributed by atoms with Crippen molar-refractivity contribution in [2.45, 2.75) is 44.8 Å².